The summed E-state index contributed by atoms with van der Waals surface area (Å²) in [6.45, 7) is 7.49. The minimum absolute atomic E-state index is 0.0521. The maximum atomic E-state index is 13.6. The van der Waals surface area contributed by atoms with Gasteiger partial charge in [-0.25, -0.2) is 13.9 Å². The molecular weight excluding hydrogens is 369 g/mol. The Morgan fingerprint density at radius 1 is 1.22 bits per heavy atom. The lowest BCUT2D eigenvalue weighted by Gasteiger charge is -2.16. The van der Waals surface area contributed by atoms with Crippen molar-refractivity contribution in [3.63, 3.8) is 0 Å². The Kier molecular flexibility index (Phi) is 5.05. The van der Waals surface area contributed by atoms with Gasteiger partial charge >= 0.3 is 5.69 Å². The summed E-state index contributed by atoms with van der Waals surface area (Å²) in [4.78, 5) is 24.7. The van der Waals surface area contributed by atoms with Crippen LogP contribution in [0.15, 0.2) is 40.2 Å². The van der Waals surface area contributed by atoms with E-state index in [-0.39, 0.29) is 11.3 Å². The van der Waals surface area contributed by atoms with E-state index in [1.807, 2.05) is 20.8 Å². The molecule has 1 amide bonds. The second-order valence-corrected chi connectivity index (χ2v) is 8.96. The first kappa shape index (κ1) is 19.1. The van der Waals surface area contributed by atoms with E-state index >= 15 is 0 Å². The topological polar surface area (TPSA) is 81.3 Å². The van der Waals surface area contributed by atoms with Crippen molar-refractivity contribution in [2.45, 2.75) is 44.0 Å². The average molecular weight is 389 g/mol. The summed E-state index contributed by atoms with van der Waals surface area (Å²) in [7, 11) is 0. The van der Waals surface area contributed by atoms with Gasteiger partial charge in [0.05, 0.1) is 0 Å². The summed E-state index contributed by atoms with van der Waals surface area (Å²) in [5.74, 6) is -0.890. The zero-order chi connectivity index (χ0) is 19.8. The molecule has 0 spiro atoms. The molecule has 1 aromatic carbocycles. The number of amides is 1. The highest BCUT2D eigenvalue weighted by molar-refractivity contribution is 8.00. The highest BCUT2D eigenvalue weighted by atomic mass is 32.2. The van der Waals surface area contributed by atoms with Crippen LogP contribution in [0.2, 0.25) is 0 Å². The molecule has 0 bridgehead atoms. The standard InChI is InChI=1S/C18H20FN5O2S/c1-11-5-6-12(9-13(11)19)20-15(25)10-23-17(26)24-14(21-23)7-8-16(22-24)27-18(2,3)4/h5-9H,10H2,1-4H3,(H,20,25). The first-order valence-corrected chi connectivity index (χ1v) is 9.16. The van der Waals surface area contributed by atoms with Crippen molar-refractivity contribution in [3.8, 4) is 0 Å². The molecule has 2 heterocycles. The maximum absolute atomic E-state index is 13.6. The summed E-state index contributed by atoms with van der Waals surface area (Å²) in [6, 6.07) is 7.88. The van der Waals surface area contributed by atoms with Crippen molar-refractivity contribution in [1.29, 1.82) is 0 Å². The Morgan fingerprint density at radius 3 is 2.63 bits per heavy atom. The van der Waals surface area contributed by atoms with Gasteiger partial charge < -0.3 is 5.32 Å². The molecule has 0 aliphatic heterocycles. The number of hydrogen-bond acceptors (Lipinski definition) is 5. The van der Waals surface area contributed by atoms with E-state index in [1.165, 1.54) is 22.3 Å². The van der Waals surface area contributed by atoms with Crippen LogP contribution in [-0.4, -0.2) is 30.0 Å². The highest BCUT2D eigenvalue weighted by Gasteiger charge is 2.16. The Morgan fingerprint density at radius 2 is 1.96 bits per heavy atom. The molecule has 27 heavy (non-hydrogen) atoms. The third-order valence-corrected chi connectivity index (χ3v) is 4.61. The fourth-order valence-electron chi connectivity index (χ4n) is 2.37. The molecule has 3 aromatic rings. The van der Waals surface area contributed by atoms with Gasteiger partial charge in [-0.15, -0.1) is 5.10 Å². The van der Waals surface area contributed by atoms with Crippen LogP contribution in [0.4, 0.5) is 10.1 Å². The van der Waals surface area contributed by atoms with E-state index in [4.69, 9.17) is 0 Å². The first-order valence-electron chi connectivity index (χ1n) is 8.34. The molecule has 0 fully saturated rings. The quantitative estimate of drug-likeness (QED) is 0.694. The van der Waals surface area contributed by atoms with Gasteiger partial charge in [-0.2, -0.15) is 9.61 Å². The number of carbonyl (C=O) groups excluding carboxylic acids is 1. The Bertz CT molecular complexity index is 1070. The van der Waals surface area contributed by atoms with Gasteiger partial charge in [-0.3, -0.25) is 4.79 Å². The molecule has 7 nitrogen and oxygen atoms in total. The normalized spacial score (nSPS) is 11.7. The van der Waals surface area contributed by atoms with E-state index < -0.39 is 17.4 Å². The number of aryl methyl sites for hydroxylation is 1. The van der Waals surface area contributed by atoms with Crippen molar-refractivity contribution in [2.24, 2.45) is 0 Å². The van der Waals surface area contributed by atoms with Gasteiger partial charge in [0.15, 0.2) is 5.65 Å². The number of carbonyl (C=O) groups is 1. The molecule has 2 aromatic heterocycles. The van der Waals surface area contributed by atoms with Crippen LogP contribution >= 0.6 is 11.8 Å². The van der Waals surface area contributed by atoms with Crippen molar-refractivity contribution in [2.75, 3.05) is 5.32 Å². The van der Waals surface area contributed by atoms with Gasteiger partial charge in [0.25, 0.3) is 0 Å². The Hall–Kier alpha value is -2.68. The zero-order valence-electron chi connectivity index (χ0n) is 15.5. The zero-order valence-corrected chi connectivity index (χ0v) is 16.3. The number of aromatic nitrogens is 4. The van der Waals surface area contributed by atoms with Crippen LogP contribution in [0.3, 0.4) is 0 Å². The van der Waals surface area contributed by atoms with Crippen LogP contribution in [0.5, 0.6) is 0 Å². The summed E-state index contributed by atoms with van der Waals surface area (Å²) in [5, 5.41) is 11.7. The lowest BCUT2D eigenvalue weighted by Crippen LogP contribution is -2.29. The molecule has 3 rings (SSSR count). The second-order valence-electron chi connectivity index (χ2n) is 7.11. The molecule has 0 unspecified atom stereocenters. The minimum Gasteiger partial charge on any atom is -0.324 e. The number of halogens is 1. The van der Waals surface area contributed by atoms with E-state index in [1.54, 1.807) is 31.2 Å². The van der Waals surface area contributed by atoms with Crippen molar-refractivity contribution < 1.29 is 9.18 Å². The SMILES string of the molecule is Cc1ccc(NC(=O)Cn2nc3ccc(SC(C)(C)C)nn3c2=O)cc1F. The number of rotatable bonds is 4. The molecule has 142 valence electrons. The number of benzene rings is 1. The number of anilines is 1. The van der Waals surface area contributed by atoms with Gasteiger partial charge in [-0.05, 0) is 36.8 Å². The largest absolute Gasteiger partial charge is 0.367 e. The van der Waals surface area contributed by atoms with E-state index in [0.29, 0.717) is 21.9 Å². The number of nitrogens with one attached hydrogen (secondary N) is 1. The Balaban J connectivity index is 1.80. The summed E-state index contributed by atoms with van der Waals surface area (Å²) in [5.41, 5.74) is 0.653. The second kappa shape index (κ2) is 7.15. The smallest absolute Gasteiger partial charge is 0.324 e. The lowest BCUT2D eigenvalue weighted by atomic mass is 10.2. The minimum atomic E-state index is -0.508. The summed E-state index contributed by atoms with van der Waals surface area (Å²) in [6.07, 6.45) is 0. The van der Waals surface area contributed by atoms with Crippen molar-refractivity contribution in [3.05, 3.63) is 52.2 Å². The van der Waals surface area contributed by atoms with Gasteiger partial charge in [0.2, 0.25) is 5.91 Å². The number of nitrogens with zero attached hydrogens (tertiary/aromatic N) is 4. The van der Waals surface area contributed by atoms with E-state index in [9.17, 15) is 14.0 Å². The molecule has 0 aliphatic rings. The monoisotopic (exact) mass is 389 g/mol. The van der Waals surface area contributed by atoms with Crippen LogP contribution in [0, 0.1) is 12.7 Å². The predicted octanol–water partition coefficient (Wildman–Crippen LogP) is 2.87. The molecule has 0 atom stereocenters. The highest BCUT2D eigenvalue weighted by Crippen LogP contribution is 2.29. The van der Waals surface area contributed by atoms with Crippen molar-refractivity contribution >= 4 is 29.0 Å². The Labute approximate surface area is 159 Å². The molecule has 1 N–H and O–H groups in total. The van der Waals surface area contributed by atoms with Gasteiger partial charge in [0.1, 0.15) is 17.4 Å². The van der Waals surface area contributed by atoms with Crippen molar-refractivity contribution in [1.82, 2.24) is 19.4 Å². The van der Waals surface area contributed by atoms with Gasteiger partial charge in [-0.1, -0.05) is 38.6 Å². The molecule has 0 saturated carbocycles. The first-order chi connectivity index (χ1) is 12.6. The van der Waals surface area contributed by atoms with Crippen LogP contribution < -0.4 is 11.0 Å². The van der Waals surface area contributed by atoms with Crippen LogP contribution in [-0.2, 0) is 11.3 Å². The third-order valence-electron chi connectivity index (χ3n) is 3.58. The molecular formula is C18H20FN5O2S. The summed E-state index contributed by atoms with van der Waals surface area (Å²) < 4.78 is 15.7. The molecule has 0 aliphatic carbocycles. The average Bonchev–Trinajstić information content (AvgIpc) is 2.85. The summed E-state index contributed by atoms with van der Waals surface area (Å²) >= 11 is 1.53. The van der Waals surface area contributed by atoms with E-state index in [0.717, 1.165) is 4.68 Å². The number of fused-ring (bicyclic) bond motifs is 1. The maximum Gasteiger partial charge on any atom is 0.367 e. The predicted molar refractivity (Wildman–Crippen MR) is 103 cm³/mol. The van der Waals surface area contributed by atoms with E-state index in [2.05, 4.69) is 15.5 Å². The number of hydrogen-bond donors (Lipinski definition) is 1. The number of thioether (sulfide) groups is 1. The van der Waals surface area contributed by atoms with Gasteiger partial charge in [0, 0.05) is 10.4 Å². The molecule has 9 heteroatoms. The lowest BCUT2D eigenvalue weighted by molar-refractivity contribution is -0.117. The fourth-order valence-corrected chi connectivity index (χ4v) is 3.26. The fraction of sp³-hybridized carbons (Fsp3) is 0.333. The molecule has 0 saturated heterocycles. The van der Waals surface area contributed by atoms with Crippen LogP contribution in [0.25, 0.3) is 5.65 Å². The third kappa shape index (κ3) is 4.54. The van der Waals surface area contributed by atoms with Crippen LogP contribution in [0.1, 0.15) is 26.3 Å². The molecule has 0 radical (unpaired) electrons.